The molecule has 1 aliphatic carbocycles. The van der Waals surface area contributed by atoms with Gasteiger partial charge in [0.15, 0.2) is 0 Å². The van der Waals surface area contributed by atoms with Crippen LogP contribution < -0.4 is 10.1 Å². The van der Waals surface area contributed by atoms with Gasteiger partial charge < -0.3 is 14.8 Å². The highest BCUT2D eigenvalue weighted by Crippen LogP contribution is 2.34. The molecule has 2 atom stereocenters. The van der Waals surface area contributed by atoms with E-state index in [2.05, 4.69) is 54.7 Å². The zero-order valence-electron chi connectivity index (χ0n) is 14.6. The highest BCUT2D eigenvalue weighted by atomic mass is 16.5. The topological polar surface area (TPSA) is 30.5 Å². The van der Waals surface area contributed by atoms with Crippen LogP contribution in [0.15, 0.2) is 48.5 Å². The SMILES string of the molecule is CCCNC1c2cc(OC)ccc2CCC1OCc1ccccc1. The van der Waals surface area contributed by atoms with E-state index in [0.717, 1.165) is 31.6 Å². The van der Waals surface area contributed by atoms with E-state index in [1.54, 1.807) is 7.11 Å². The summed E-state index contributed by atoms with van der Waals surface area (Å²) in [6.45, 7) is 3.85. The summed E-state index contributed by atoms with van der Waals surface area (Å²) in [5.74, 6) is 0.917. The molecule has 0 saturated carbocycles. The molecule has 0 amide bonds. The van der Waals surface area contributed by atoms with Crippen LogP contribution in [-0.2, 0) is 17.8 Å². The Morgan fingerprint density at radius 3 is 2.71 bits per heavy atom. The summed E-state index contributed by atoms with van der Waals surface area (Å²) in [7, 11) is 1.72. The van der Waals surface area contributed by atoms with Crippen molar-refractivity contribution in [3.63, 3.8) is 0 Å². The van der Waals surface area contributed by atoms with E-state index in [1.807, 2.05) is 6.07 Å². The monoisotopic (exact) mass is 325 g/mol. The molecule has 3 nitrogen and oxygen atoms in total. The Balaban J connectivity index is 1.77. The predicted molar refractivity (Wildman–Crippen MR) is 97.4 cm³/mol. The summed E-state index contributed by atoms with van der Waals surface area (Å²) in [5, 5.41) is 3.68. The van der Waals surface area contributed by atoms with Gasteiger partial charge in [0.1, 0.15) is 5.75 Å². The van der Waals surface area contributed by atoms with Crippen molar-refractivity contribution in [1.82, 2.24) is 5.32 Å². The van der Waals surface area contributed by atoms with Gasteiger partial charge in [-0.2, -0.15) is 0 Å². The zero-order chi connectivity index (χ0) is 16.8. The van der Waals surface area contributed by atoms with Crippen molar-refractivity contribution in [3.05, 3.63) is 65.2 Å². The van der Waals surface area contributed by atoms with Crippen molar-refractivity contribution in [2.75, 3.05) is 13.7 Å². The Kier molecular flexibility index (Phi) is 5.89. The summed E-state index contributed by atoms with van der Waals surface area (Å²) < 4.78 is 11.7. The van der Waals surface area contributed by atoms with Crippen molar-refractivity contribution in [2.24, 2.45) is 0 Å². The van der Waals surface area contributed by atoms with Crippen molar-refractivity contribution in [1.29, 1.82) is 0 Å². The van der Waals surface area contributed by atoms with Crippen LogP contribution >= 0.6 is 0 Å². The molecule has 0 saturated heterocycles. The first-order chi connectivity index (χ1) is 11.8. The third kappa shape index (κ3) is 3.97. The number of methoxy groups -OCH3 is 1. The van der Waals surface area contributed by atoms with Crippen LogP contribution in [-0.4, -0.2) is 19.8 Å². The van der Waals surface area contributed by atoms with E-state index in [4.69, 9.17) is 9.47 Å². The van der Waals surface area contributed by atoms with Gasteiger partial charge in [-0.3, -0.25) is 0 Å². The second-order valence-electron chi connectivity index (χ2n) is 6.37. The third-order valence-electron chi connectivity index (χ3n) is 4.68. The predicted octanol–water partition coefficient (Wildman–Crippen LogP) is 4.27. The molecule has 1 N–H and O–H groups in total. The lowest BCUT2D eigenvalue weighted by Gasteiger charge is -2.34. The number of fused-ring (bicyclic) bond motifs is 1. The molecule has 128 valence electrons. The number of hydrogen-bond acceptors (Lipinski definition) is 3. The van der Waals surface area contributed by atoms with E-state index >= 15 is 0 Å². The van der Waals surface area contributed by atoms with E-state index in [-0.39, 0.29) is 12.1 Å². The summed E-state index contributed by atoms with van der Waals surface area (Å²) >= 11 is 0. The van der Waals surface area contributed by atoms with Gasteiger partial charge in [0.2, 0.25) is 0 Å². The maximum absolute atomic E-state index is 6.31. The fourth-order valence-electron chi connectivity index (χ4n) is 3.38. The Morgan fingerprint density at radius 1 is 1.12 bits per heavy atom. The number of hydrogen-bond donors (Lipinski definition) is 1. The Hall–Kier alpha value is -1.84. The average Bonchev–Trinajstić information content (AvgIpc) is 2.65. The summed E-state index contributed by atoms with van der Waals surface area (Å²) in [6, 6.07) is 17.1. The molecule has 24 heavy (non-hydrogen) atoms. The van der Waals surface area contributed by atoms with Crippen LogP contribution in [0, 0.1) is 0 Å². The molecule has 0 spiro atoms. The summed E-state index contributed by atoms with van der Waals surface area (Å²) in [4.78, 5) is 0. The Labute approximate surface area is 145 Å². The maximum Gasteiger partial charge on any atom is 0.119 e. The Bertz CT molecular complexity index is 642. The lowest BCUT2D eigenvalue weighted by Crippen LogP contribution is -2.38. The number of aryl methyl sites for hydroxylation is 1. The van der Waals surface area contributed by atoms with Crippen LogP contribution in [0.2, 0.25) is 0 Å². The number of benzene rings is 2. The minimum Gasteiger partial charge on any atom is -0.497 e. The van der Waals surface area contributed by atoms with Crippen LogP contribution in [0.5, 0.6) is 5.75 Å². The molecular weight excluding hydrogens is 298 g/mol. The molecular formula is C21H27NO2. The smallest absolute Gasteiger partial charge is 0.119 e. The van der Waals surface area contributed by atoms with E-state index < -0.39 is 0 Å². The zero-order valence-corrected chi connectivity index (χ0v) is 14.6. The number of ether oxygens (including phenoxy) is 2. The molecule has 3 heteroatoms. The molecule has 0 bridgehead atoms. The van der Waals surface area contributed by atoms with Gasteiger partial charge in [-0.05, 0) is 54.6 Å². The second-order valence-corrected chi connectivity index (χ2v) is 6.37. The summed E-state index contributed by atoms with van der Waals surface area (Å²) in [6.07, 6.45) is 3.41. The van der Waals surface area contributed by atoms with Gasteiger partial charge in [0.05, 0.1) is 25.9 Å². The first kappa shape index (κ1) is 17.0. The van der Waals surface area contributed by atoms with Gasteiger partial charge in [-0.25, -0.2) is 0 Å². The molecule has 2 aromatic rings. The Morgan fingerprint density at radius 2 is 1.96 bits per heavy atom. The molecule has 0 fully saturated rings. The highest BCUT2D eigenvalue weighted by molar-refractivity contribution is 5.40. The molecule has 0 aliphatic heterocycles. The maximum atomic E-state index is 6.31. The fraction of sp³-hybridized carbons (Fsp3) is 0.429. The molecule has 3 rings (SSSR count). The van der Waals surface area contributed by atoms with Crippen molar-refractivity contribution >= 4 is 0 Å². The average molecular weight is 325 g/mol. The molecule has 0 heterocycles. The van der Waals surface area contributed by atoms with E-state index in [9.17, 15) is 0 Å². The van der Waals surface area contributed by atoms with E-state index in [1.165, 1.54) is 16.7 Å². The largest absolute Gasteiger partial charge is 0.497 e. The van der Waals surface area contributed by atoms with Gasteiger partial charge in [0.25, 0.3) is 0 Å². The molecule has 0 radical (unpaired) electrons. The minimum atomic E-state index is 0.191. The normalized spacial score (nSPS) is 19.8. The molecule has 2 aromatic carbocycles. The van der Waals surface area contributed by atoms with Crippen LogP contribution in [0.3, 0.4) is 0 Å². The summed E-state index contributed by atoms with van der Waals surface area (Å²) in [5.41, 5.74) is 3.96. The quantitative estimate of drug-likeness (QED) is 0.825. The van der Waals surface area contributed by atoms with Gasteiger partial charge >= 0.3 is 0 Å². The van der Waals surface area contributed by atoms with Gasteiger partial charge in [0, 0.05) is 0 Å². The van der Waals surface area contributed by atoms with Gasteiger partial charge in [-0.15, -0.1) is 0 Å². The molecule has 1 aliphatic rings. The highest BCUT2D eigenvalue weighted by Gasteiger charge is 2.30. The lowest BCUT2D eigenvalue weighted by atomic mass is 9.85. The van der Waals surface area contributed by atoms with Gasteiger partial charge in [-0.1, -0.05) is 43.3 Å². The van der Waals surface area contributed by atoms with Crippen LogP contribution in [0.1, 0.15) is 42.5 Å². The number of rotatable bonds is 7. The first-order valence-corrected chi connectivity index (χ1v) is 8.87. The van der Waals surface area contributed by atoms with E-state index in [0.29, 0.717) is 6.61 Å². The minimum absolute atomic E-state index is 0.191. The van der Waals surface area contributed by atoms with Crippen LogP contribution in [0.25, 0.3) is 0 Å². The van der Waals surface area contributed by atoms with Crippen molar-refractivity contribution in [2.45, 2.75) is 44.9 Å². The fourth-order valence-corrected chi connectivity index (χ4v) is 3.38. The molecule has 2 unspecified atom stereocenters. The number of nitrogens with one attached hydrogen (secondary N) is 1. The lowest BCUT2D eigenvalue weighted by molar-refractivity contribution is 0.00430. The standard InChI is InChI=1S/C21H27NO2/c1-3-13-22-21-19-14-18(23-2)11-9-17(19)10-12-20(21)24-15-16-7-5-4-6-8-16/h4-9,11,14,20-22H,3,10,12-13,15H2,1-2H3. The van der Waals surface area contributed by atoms with Crippen molar-refractivity contribution in [3.8, 4) is 5.75 Å². The second kappa shape index (κ2) is 8.32. The van der Waals surface area contributed by atoms with Crippen LogP contribution in [0.4, 0.5) is 0 Å². The van der Waals surface area contributed by atoms with Crippen molar-refractivity contribution < 1.29 is 9.47 Å². The first-order valence-electron chi connectivity index (χ1n) is 8.87. The third-order valence-corrected chi connectivity index (χ3v) is 4.68. The molecule has 0 aromatic heterocycles.